The summed E-state index contributed by atoms with van der Waals surface area (Å²) in [6.45, 7) is 3.70. The quantitative estimate of drug-likeness (QED) is 0.753. The maximum absolute atomic E-state index is 13.7. The number of carbonyl (C=O) groups excluding carboxylic acids is 1. The number of rotatable bonds is 5. The lowest BCUT2D eigenvalue weighted by Gasteiger charge is -2.29. The fraction of sp³-hybridized carbons (Fsp3) is 0.350. The maximum atomic E-state index is 13.7. The largest absolute Gasteiger partial charge is 0.374 e. The summed E-state index contributed by atoms with van der Waals surface area (Å²) in [5, 5.41) is 5.29. The first-order valence-electron chi connectivity index (χ1n) is 9.01. The number of anilines is 3. The summed E-state index contributed by atoms with van der Waals surface area (Å²) in [6.07, 6.45) is 3.65. The van der Waals surface area contributed by atoms with Gasteiger partial charge in [0.05, 0.1) is 5.69 Å². The minimum atomic E-state index is -1.61. The van der Waals surface area contributed by atoms with Gasteiger partial charge in [-0.05, 0) is 62.6 Å². The van der Waals surface area contributed by atoms with Crippen LogP contribution in [0, 0.1) is 17.5 Å². The smallest absolute Gasteiger partial charge is 0.246 e. The first-order valence-corrected chi connectivity index (χ1v) is 9.01. The molecule has 2 N–H and O–H groups in total. The van der Waals surface area contributed by atoms with Crippen LogP contribution in [0.5, 0.6) is 0 Å². The van der Waals surface area contributed by atoms with Crippen LogP contribution in [0.4, 0.5) is 30.2 Å². The van der Waals surface area contributed by atoms with Gasteiger partial charge in [-0.1, -0.05) is 0 Å². The van der Waals surface area contributed by atoms with Crippen LogP contribution in [0.25, 0.3) is 0 Å². The summed E-state index contributed by atoms with van der Waals surface area (Å²) >= 11 is 0. The molecule has 1 amide bonds. The van der Waals surface area contributed by atoms with Crippen LogP contribution in [0.2, 0.25) is 0 Å². The molecule has 2 aromatic rings. The number of nitrogens with zero attached hydrogens (tertiary/aromatic N) is 1. The highest BCUT2D eigenvalue weighted by Crippen LogP contribution is 2.23. The topological polar surface area (TPSA) is 44.4 Å². The van der Waals surface area contributed by atoms with E-state index in [0.717, 1.165) is 36.6 Å². The normalized spacial score (nSPS) is 15.3. The van der Waals surface area contributed by atoms with E-state index in [0.29, 0.717) is 0 Å². The molecular formula is C20H22F3N3O. The molecule has 0 aliphatic carbocycles. The Morgan fingerprint density at radius 1 is 0.963 bits per heavy atom. The van der Waals surface area contributed by atoms with Gasteiger partial charge in [-0.3, -0.25) is 4.79 Å². The Morgan fingerprint density at radius 3 is 2.30 bits per heavy atom. The zero-order chi connectivity index (χ0) is 19.4. The molecule has 1 aliphatic heterocycles. The van der Waals surface area contributed by atoms with Crippen molar-refractivity contribution >= 4 is 23.0 Å². The molecule has 1 atom stereocenters. The summed E-state index contributed by atoms with van der Waals surface area (Å²) in [6, 6.07) is 8.81. The summed E-state index contributed by atoms with van der Waals surface area (Å²) in [7, 11) is 0. The Bertz CT molecular complexity index is 805. The van der Waals surface area contributed by atoms with Gasteiger partial charge in [0.1, 0.15) is 6.04 Å². The van der Waals surface area contributed by atoms with Gasteiger partial charge < -0.3 is 15.5 Å². The van der Waals surface area contributed by atoms with Gasteiger partial charge in [0.25, 0.3) is 0 Å². The Kier molecular flexibility index (Phi) is 5.88. The molecule has 0 radical (unpaired) electrons. The average molecular weight is 377 g/mol. The standard InChI is InChI=1S/C20H22F3N3O/c1-13(20(27)25-17-10-9-16(21)18(22)19(17)23)24-14-5-7-15(8-6-14)26-11-3-2-4-12-26/h5-10,13,24H,2-4,11-12H2,1H3,(H,25,27)/t13-/m0/s1. The van der Waals surface area contributed by atoms with Gasteiger partial charge >= 0.3 is 0 Å². The Morgan fingerprint density at radius 2 is 1.63 bits per heavy atom. The summed E-state index contributed by atoms with van der Waals surface area (Å²) < 4.78 is 39.9. The van der Waals surface area contributed by atoms with Gasteiger partial charge in [-0.2, -0.15) is 0 Å². The zero-order valence-electron chi connectivity index (χ0n) is 15.1. The van der Waals surface area contributed by atoms with E-state index in [1.165, 1.54) is 19.3 Å². The van der Waals surface area contributed by atoms with Crippen molar-refractivity contribution in [2.24, 2.45) is 0 Å². The van der Waals surface area contributed by atoms with Crippen molar-refractivity contribution in [3.63, 3.8) is 0 Å². The molecule has 3 rings (SSSR count). The molecule has 0 unspecified atom stereocenters. The minimum absolute atomic E-state index is 0.395. The van der Waals surface area contributed by atoms with E-state index < -0.39 is 35.1 Å². The molecule has 1 fully saturated rings. The van der Waals surface area contributed by atoms with Gasteiger partial charge in [0.2, 0.25) is 5.91 Å². The molecule has 2 aromatic carbocycles. The molecule has 1 aliphatic rings. The highest BCUT2D eigenvalue weighted by atomic mass is 19.2. The van der Waals surface area contributed by atoms with E-state index in [-0.39, 0.29) is 0 Å². The van der Waals surface area contributed by atoms with E-state index in [9.17, 15) is 18.0 Å². The molecular weight excluding hydrogens is 355 g/mol. The number of piperidine rings is 1. The van der Waals surface area contributed by atoms with Crippen LogP contribution < -0.4 is 15.5 Å². The molecule has 0 spiro atoms. The molecule has 27 heavy (non-hydrogen) atoms. The number of amides is 1. The Hall–Kier alpha value is -2.70. The molecule has 4 nitrogen and oxygen atoms in total. The fourth-order valence-corrected chi connectivity index (χ4v) is 3.10. The van der Waals surface area contributed by atoms with Crippen molar-refractivity contribution in [3.8, 4) is 0 Å². The molecule has 144 valence electrons. The molecule has 0 bridgehead atoms. The number of halogens is 3. The summed E-state index contributed by atoms with van der Waals surface area (Å²) in [5.74, 6) is -4.88. The number of hydrogen-bond acceptors (Lipinski definition) is 3. The first kappa shape index (κ1) is 19.1. The third kappa shape index (κ3) is 4.53. The van der Waals surface area contributed by atoms with Crippen LogP contribution in [-0.4, -0.2) is 25.0 Å². The molecule has 1 heterocycles. The van der Waals surface area contributed by atoms with Crippen molar-refractivity contribution < 1.29 is 18.0 Å². The minimum Gasteiger partial charge on any atom is -0.374 e. The van der Waals surface area contributed by atoms with E-state index in [4.69, 9.17) is 0 Å². The molecule has 0 saturated carbocycles. The van der Waals surface area contributed by atoms with Crippen molar-refractivity contribution in [1.82, 2.24) is 0 Å². The summed E-state index contributed by atoms with van der Waals surface area (Å²) in [5.41, 5.74) is 1.48. The second-order valence-corrected chi connectivity index (χ2v) is 6.67. The monoisotopic (exact) mass is 377 g/mol. The summed E-state index contributed by atoms with van der Waals surface area (Å²) in [4.78, 5) is 14.5. The Balaban J connectivity index is 1.60. The van der Waals surface area contributed by atoms with Crippen molar-refractivity contribution in [1.29, 1.82) is 0 Å². The maximum Gasteiger partial charge on any atom is 0.246 e. The van der Waals surface area contributed by atoms with E-state index in [1.807, 2.05) is 24.3 Å². The lowest BCUT2D eigenvalue weighted by atomic mass is 10.1. The lowest BCUT2D eigenvalue weighted by Crippen LogP contribution is -2.32. The number of hydrogen-bond donors (Lipinski definition) is 2. The van der Waals surface area contributed by atoms with Crippen molar-refractivity contribution in [3.05, 3.63) is 53.8 Å². The second-order valence-electron chi connectivity index (χ2n) is 6.67. The van der Waals surface area contributed by atoms with Crippen molar-refractivity contribution in [2.75, 3.05) is 28.6 Å². The first-order chi connectivity index (χ1) is 13.0. The van der Waals surface area contributed by atoms with Gasteiger partial charge in [-0.25, -0.2) is 13.2 Å². The number of nitrogens with one attached hydrogen (secondary N) is 2. The molecule has 1 saturated heterocycles. The molecule has 0 aromatic heterocycles. The molecule has 7 heteroatoms. The average Bonchev–Trinajstić information content (AvgIpc) is 2.69. The zero-order valence-corrected chi connectivity index (χ0v) is 15.1. The van der Waals surface area contributed by atoms with Crippen LogP contribution in [0.1, 0.15) is 26.2 Å². The van der Waals surface area contributed by atoms with E-state index >= 15 is 0 Å². The Labute approximate surface area is 156 Å². The van der Waals surface area contributed by atoms with Crippen LogP contribution >= 0.6 is 0 Å². The predicted molar refractivity (Wildman–Crippen MR) is 101 cm³/mol. The van der Waals surface area contributed by atoms with Gasteiger partial charge in [0, 0.05) is 24.5 Å². The fourth-order valence-electron chi connectivity index (χ4n) is 3.10. The third-order valence-electron chi connectivity index (χ3n) is 4.66. The number of benzene rings is 2. The number of carbonyl (C=O) groups is 1. The van der Waals surface area contributed by atoms with Crippen LogP contribution in [0.3, 0.4) is 0 Å². The highest BCUT2D eigenvalue weighted by molar-refractivity contribution is 5.96. The van der Waals surface area contributed by atoms with Crippen LogP contribution in [-0.2, 0) is 4.79 Å². The second kappa shape index (κ2) is 8.33. The third-order valence-corrected chi connectivity index (χ3v) is 4.66. The van der Waals surface area contributed by atoms with Crippen LogP contribution in [0.15, 0.2) is 36.4 Å². The lowest BCUT2D eigenvalue weighted by molar-refractivity contribution is -0.116. The van der Waals surface area contributed by atoms with E-state index in [1.54, 1.807) is 6.92 Å². The van der Waals surface area contributed by atoms with Gasteiger partial charge in [0.15, 0.2) is 17.5 Å². The highest BCUT2D eigenvalue weighted by Gasteiger charge is 2.18. The van der Waals surface area contributed by atoms with Gasteiger partial charge in [-0.15, -0.1) is 0 Å². The predicted octanol–water partition coefficient (Wildman–Crippen LogP) is 4.53. The SMILES string of the molecule is C[C@H](Nc1ccc(N2CCCCC2)cc1)C(=O)Nc1ccc(F)c(F)c1F. The van der Waals surface area contributed by atoms with Crippen molar-refractivity contribution in [2.45, 2.75) is 32.2 Å². The van der Waals surface area contributed by atoms with E-state index in [2.05, 4.69) is 15.5 Å².